The number of carbonyl (C=O) groups is 1. The maximum atomic E-state index is 11.2. The highest BCUT2D eigenvalue weighted by molar-refractivity contribution is 5.67. The van der Waals surface area contributed by atoms with Gasteiger partial charge in [0, 0.05) is 6.42 Å². The van der Waals surface area contributed by atoms with Crippen LogP contribution in [0.1, 0.15) is 27.2 Å². The molecule has 0 saturated heterocycles. The monoisotopic (exact) mass is 200 g/mol. The zero-order chi connectivity index (χ0) is 10.6. The summed E-state index contributed by atoms with van der Waals surface area (Å²) in [5.41, 5.74) is 5.50. The van der Waals surface area contributed by atoms with Gasteiger partial charge in [0.15, 0.2) is 0 Å². The summed E-state index contributed by atoms with van der Waals surface area (Å²) in [7, 11) is 0. The van der Waals surface area contributed by atoms with E-state index < -0.39 is 11.7 Å². The highest BCUT2D eigenvalue weighted by Crippen LogP contribution is 2.07. The molecule has 2 N–H and O–H groups in total. The van der Waals surface area contributed by atoms with Gasteiger partial charge in [0.05, 0.1) is 12.3 Å². The van der Waals surface area contributed by atoms with Crippen molar-refractivity contribution in [1.29, 1.82) is 0 Å². The topological polar surface area (TPSA) is 59.6 Å². The third-order valence-electron chi connectivity index (χ3n) is 1.44. The van der Waals surface area contributed by atoms with Gasteiger partial charge in [-0.15, -0.1) is 0 Å². The van der Waals surface area contributed by atoms with Crippen LogP contribution in [-0.4, -0.2) is 18.3 Å². The lowest BCUT2D eigenvalue weighted by molar-refractivity contribution is 0.0505. The zero-order valence-electron chi connectivity index (χ0n) is 8.72. The van der Waals surface area contributed by atoms with Gasteiger partial charge in [-0.05, 0) is 20.8 Å². The van der Waals surface area contributed by atoms with Crippen LogP contribution >= 0.6 is 0 Å². The number of hydrogen-bond donors (Lipinski definition) is 2. The lowest BCUT2D eigenvalue weighted by atomic mass is 10.2. The number of carbonyl (C=O) groups excluding carboxylic acids is 1. The zero-order valence-corrected chi connectivity index (χ0v) is 8.72. The lowest BCUT2D eigenvalue weighted by Crippen LogP contribution is -2.40. The number of amides is 1. The van der Waals surface area contributed by atoms with E-state index in [0.717, 1.165) is 12.1 Å². The van der Waals surface area contributed by atoms with E-state index >= 15 is 0 Å². The average molecular weight is 200 g/mol. The third-order valence-corrected chi connectivity index (χ3v) is 1.44. The largest absolute Gasteiger partial charge is 0.499 e. The molecule has 0 aromatic rings. The fraction of sp³-hybridized carbons (Fsp3) is 0.667. The van der Waals surface area contributed by atoms with Gasteiger partial charge in [0.25, 0.3) is 0 Å². The van der Waals surface area contributed by atoms with Crippen LogP contribution in [0.3, 0.4) is 0 Å². The smallest absolute Gasteiger partial charge is 0.426 e. The Bertz CT molecular complexity index is 243. The number of nitrogens with one attached hydrogen (secondary N) is 2. The van der Waals surface area contributed by atoms with Gasteiger partial charge >= 0.3 is 6.09 Å². The standard InChI is InChI=1S/C9H16N2O3/c1-9(2,3)14-8(12)11-10-7-4-5-13-6-7/h6,10H,4-5H2,1-3H3,(H,11,12). The van der Waals surface area contributed by atoms with Gasteiger partial charge in [0.2, 0.25) is 0 Å². The molecule has 0 fully saturated rings. The van der Waals surface area contributed by atoms with Gasteiger partial charge < -0.3 is 9.47 Å². The molecule has 0 bridgehead atoms. The molecule has 80 valence electrons. The summed E-state index contributed by atoms with van der Waals surface area (Å²) in [6, 6.07) is 0. The molecule has 5 heteroatoms. The van der Waals surface area contributed by atoms with E-state index in [1.165, 1.54) is 0 Å². The minimum Gasteiger partial charge on any atom is -0.499 e. The Hall–Kier alpha value is -1.39. The summed E-state index contributed by atoms with van der Waals surface area (Å²) >= 11 is 0. The highest BCUT2D eigenvalue weighted by atomic mass is 16.6. The second-order valence-corrected chi connectivity index (χ2v) is 4.02. The van der Waals surface area contributed by atoms with Crippen LogP contribution in [0.15, 0.2) is 12.0 Å². The molecule has 0 aromatic carbocycles. The molecule has 1 aliphatic rings. The van der Waals surface area contributed by atoms with Crippen LogP contribution < -0.4 is 10.9 Å². The van der Waals surface area contributed by atoms with Crippen molar-refractivity contribution < 1.29 is 14.3 Å². The van der Waals surface area contributed by atoms with Crippen molar-refractivity contribution in [2.24, 2.45) is 0 Å². The second-order valence-electron chi connectivity index (χ2n) is 4.02. The van der Waals surface area contributed by atoms with Crippen LogP contribution in [-0.2, 0) is 9.47 Å². The summed E-state index contributed by atoms with van der Waals surface area (Å²) in [4.78, 5) is 11.2. The molecule has 0 unspecified atom stereocenters. The molecule has 1 amide bonds. The Kier molecular flexibility index (Phi) is 3.22. The molecule has 0 aliphatic carbocycles. The fourth-order valence-corrected chi connectivity index (χ4v) is 0.914. The number of ether oxygens (including phenoxy) is 2. The Morgan fingerprint density at radius 2 is 2.29 bits per heavy atom. The fourth-order valence-electron chi connectivity index (χ4n) is 0.914. The number of hydrazine groups is 1. The molecule has 1 heterocycles. The molecule has 0 saturated carbocycles. The van der Waals surface area contributed by atoms with E-state index in [4.69, 9.17) is 9.47 Å². The molecular weight excluding hydrogens is 184 g/mol. The van der Waals surface area contributed by atoms with Crippen molar-refractivity contribution >= 4 is 6.09 Å². The predicted molar refractivity (Wildman–Crippen MR) is 51.2 cm³/mol. The number of rotatable bonds is 2. The van der Waals surface area contributed by atoms with Crippen LogP contribution in [0.5, 0.6) is 0 Å². The van der Waals surface area contributed by atoms with Gasteiger partial charge in [0.1, 0.15) is 11.9 Å². The molecule has 0 atom stereocenters. The van der Waals surface area contributed by atoms with Gasteiger partial charge in [-0.25, -0.2) is 10.2 Å². The van der Waals surface area contributed by atoms with Crippen molar-refractivity contribution in [3.63, 3.8) is 0 Å². The van der Waals surface area contributed by atoms with Crippen LogP contribution in [0.2, 0.25) is 0 Å². The normalized spacial score (nSPS) is 15.5. The van der Waals surface area contributed by atoms with E-state index in [-0.39, 0.29) is 0 Å². The molecule has 0 aromatic heterocycles. The lowest BCUT2D eigenvalue weighted by Gasteiger charge is -2.20. The summed E-state index contributed by atoms with van der Waals surface area (Å²) in [5.74, 6) is 0. The van der Waals surface area contributed by atoms with E-state index in [1.54, 1.807) is 6.26 Å². The Balaban J connectivity index is 2.21. The third kappa shape index (κ3) is 4.02. The minimum atomic E-state index is -0.495. The van der Waals surface area contributed by atoms with Crippen LogP contribution in [0.25, 0.3) is 0 Å². The summed E-state index contributed by atoms with van der Waals surface area (Å²) in [5, 5.41) is 0. The molecule has 0 spiro atoms. The van der Waals surface area contributed by atoms with E-state index in [9.17, 15) is 4.79 Å². The van der Waals surface area contributed by atoms with Crippen LogP contribution in [0.4, 0.5) is 4.79 Å². The van der Waals surface area contributed by atoms with Gasteiger partial charge in [-0.3, -0.25) is 5.43 Å². The molecule has 5 nitrogen and oxygen atoms in total. The Labute approximate surface area is 83.4 Å². The van der Waals surface area contributed by atoms with E-state index in [1.807, 2.05) is 20.8 Å². The van der Waals surface area contributed by atoms with Crippen molar-refractivity contribution in [2.75, 3.05) is 6.61 Å². The second kappa shape index (κ2) is 4.21. The van der Waals surface area contributed by atoms with E-state index in [2.05, 4.69) is 10.9 Å². The Morgan fingerprint density at radius 3 is 2.79 bits per heavy atom. The van der Waals surface area contributed by atoms with Gasteiger partial charge in [-0.2, -0.15) is 0 Å². The summed E-state index contributed by atoms with van der Waals surface area (Å²) in [6.45, 7) is 6.08. The first kappa shape index (κ1) is 10.7. The Morgan fingerprint density at radius 1 is 1.57 bits per heavy atom. The first-order chi connectivity index (χ1) is 6.47. The number of hydrogen-bond acceptors (Lipinski definition) is 4. The van der Waals surface area contributed by atoms with Crippen molar-refractivity contribution in [2.45, 2.75) is 32.8 Å². The highest BCUT2D eigenvalue weighted by Gasteiger charge is 2.16. The maximum Gasteiger partial charge on any atom is 0.426 e. The molecular formula is C9H16N2O3. The summed E-state index contributed by atoms with van der Waals surface area (Å²) < 4.78 is 9.99. The van der Waals surface area contributed by atoms with Gasteiger partial charge in [-0.1, -0.05) is 0 Å². The predicted octanol–water partition coefficient (Wildman–Crippen LogP) is 1.28. The molecule has 14 heavy (non-hydrogen) atoms. The summed E-state index contributed by atoms with van der Waals surface area (Å²) in [6.07, 6.45) is 1.86. The average Bonchev–Trinajstić information content (AvgIpc) is 2.49. The SMILES string of the molecule is CC(C)(C)OC(=O)NNC1=COCC1. The van der Waals surface area contributed by atoms with Crippen molar-refractivity contribution in [3.05, 3.63) is 12.0 Å². The van der Waals surface area contributed by atoms with Crippen molar-refractivity contribution in [3.8, 4) is 0 Å². The minimum absolute atomic E-state index is 0.480. The van der Waals surface area contributed by atoms with E-state index in [0.29, 0.717) is 6.61 Å². The van der Waals surface area contributed by atoms with Crippen molar-refractivity contribution in [1.82, 2.24) is 10.9 Å². The first-order valence-corrected chi connectivity index (χ1v) is 4.53. The quantitative estimate of drug-likeness (QED) is 0.659. The first-order valence-electron chi connectivity index (χ1n) is 4.53. The molecule has 1 aliphatic heterocycles. The van der Waals surface area contributed by atoms with Crippen LogP contribution in [0, 0.1) is 0 Å². The maximum absolute atomic E-state index is 11.2. The molecule has 1 rings (SSSR count). The molecule has 0 radical (unpaired) electrons.